The Morgan fingerprint density at radius 3 is 2.42 bits per heavy atom. The number of halogens is 3. The lowest BCUT2D eigenvalue weighted by atomic mass is 9.80. The quantitative estimate of drug-likeness (QED) is 0.639. The minimum absolute atomic E-state index is 0.252. The highest BCUT2D eigenvalue weighted by molar-refractivity contribution is 6.76. The maximum absolute atomic E-state index is 12.0. The first-order valence-corrected chi connectivity index (χ1v) is 7.27. The number of amides is 1. The van der Waals surface area contributed by atoms with E-state index in [1.165, 1.54) is 0 Å². The normalized spacial score (nSPS) is 26.0. The molecule has 0 spiro atoms. The van der Waals surface area contributed by atoms with Gasteiger partial charge in [0.25, 0.3) is 9.70 Å². The van der Waals surface area contributed by atoms with Crippen LogP contribution >= 0.6 is 34.8 Å². The van der Waals surface area contributed by atoms with E-state index in [4.69, 9.17) is 39.5 Å². The Hall–Kier alpha value is -0.190. The van der Waals surface area contributed by atoms with Gasteiger partial charge in [0.15, 0.2) is 0 Å². The highest BCUT2D eigenvalue weighted by Gasteiger charge is 2.49. The van der Waals surface area contributed by atoms with Gasteiger partial charge in [-0.2, -0.15) is 0 Å². The van der Waals surface area contributed by atoms with E-state index in [9.17, 15) is 9.59 Å². The van der Waals surface area contributed by atoms with Crippen LogP contribution in [0.5, 0.6) is 0 Å². The Labute approximate surface area is 128 Å². The maximum atomic E-state index is 12.0. The van der Waals surface area contributed by atoms with Crippen molar-refractivity contribution in [2.45, 2.75) is 43.4 Å². The average Bonchev–Trinajstić information content (AvgIpc) is 2.53. The maximum Gasteiger partial charge on any atom is 0.311 e. The van der Waals surface area contributed by atoms with Crippen molar-refractivity contribution in [3.8, 4) is 0 Å². The van der Waals surface area contributed by atoms with E-state index in [0.29, 0.717) is 13.0 Å². The molecular formula is C12H18Cl3NO3. The van der Waals surface area contributed by atoms with Crippen molar-refractivity contribution < 1.29 is 14.3 Å². The van der Waals surface area contributed by atoms with Crippen LogP contribution in [0.25, 0.3) is 0 Å². The van der Waals surface area contributed by atoms with Crippen LogP contribution in [0.4, 0.5) is 0 Å². The molecule has 0 aromatic rings. The zero-order valence-corrected chi connectivity index (χ0v) is 13.4. The molecule has 1 aliphatic rings. The second-order valence-electron chi connectivity index (χ2n) is 5.33. The van der Waals surface area contributed by atoms with Crippen molar-refractivity contribution >= 4 is 46.7 Å². The van der Waals surface area contributed by atoms with Gasteiger partial charge < -0.3 is 10.1 Å². The lowest BCUT2D eigenvalue weighted by Crippen LogP contribution is -2.47. The molecular weight excluding hydrogens is 312 g/mol. The van der Waals surface area contributed by atoms with Crippen LogP contribution < -0.4 is 5.32 Å². The number of alkyl halides is 3. The van der Waals surface area contributed by atoms with Gasteiger partial charge in [0, 0.05) is 6.04 Å². The summed E-state index contributed by atoms with van der Waals surface area (Å²) in [6.07, 6.45) is 1.45. The second-order valence-corrected chi connectivity index (χ2v) is 7.62. The van der Waals surface area contributed by atoms with Crippen LogP contribution in [0.1, 0.15) is 33.6 Å². The van der Waals surface area contributed by atoms with Crippen molar-refractivity contribution in [2.24, 2.45) is 11.3 Å². The molecule has 2 atom stereocenters. The average molecular weight is 331 g/mol. The van der Waals surface area contributed by atoms with E-state index in [2.05, 4.69) is 5.32 Å². The van der Waals surface area contributed by atoms with Crippen molar-refractivity contribution in [1.82, 2.24) is 5.32 Å². The number of carbonyl (C=O) groups excluding carboxylic acids is 2. The van der Waals surface area contributed by atoms with Gasteiger partial charge in [-0.05, 0) is 25.2 Å². The third-order valence-corrected chi connectivity index (χ3v) is 3.97. The number of nitrogens with one attached hydrogen (secondary N) is 1. The predicted molar refractivity (Wildman–Crippen MR) is 75.4 cm³/mol. The molecule has 1 N–H and O–H groups in total. The van der Waals surface area contributed by atoms with E-state index < -0.39 is 15.6 Å². The lowest BCUT2D eigenvalue weighted by molar-refractivity contribution is -0.152. The van der Waals surface area contributed by atoms with E-state index in [1.807, 2.05) is 13.8 Å². The zero-order valence-electron chi connectivity index (χ0n) is 11.1. The second kappa shape index (κ2) is 6.06. The topological polar surface area (TPSA) is 55.4 Å². The molecule has 110 valence electrons. The molecule has 0 aliphatic heterocycles. The number of ether oxygens (including phenoxy) is 1. The largest absolute Gasteiger partial charge is 0.466 e. The van der Waals surface area contributed by atoms with E-state index in [1.54, 1.807) is 6.92 Å². The smallest absolute Gasteiger partial charge is 0.311 e. The minimum atomic E-state index is -2.02. The summed E-state index contributed by atoms with van der Waals surface area (Å²) in [7, 11) is 0. The Balaban J connectivity index is 2.83. The minimum Gasteiger partial charge on any atom is -0.466 e. The Morgan fingerprint density at radius 2 is 1.95 bits per heavy atom. The fourth-order valence-electron chi connectivity index (χ4n) is 2.52. The molecule has 0 bridgehead atoms. The molecule has 1 rings (SSSR count). The number of hydrogen-bond donors (Lipinski definition) is 1. The summed E-state index contributed by atoms with van der Waals surface area (Å²) in [4.78, 5) is 23.7. The first kappa shape index (κ1) is 16.9. The molecule has 7 heteroatoms. The Bertz CT molecular complexity index is 366. The highest BCUT2D eigenvalue weighted by Crippen LogP contribution is 2.44. The van der Waals surface area contributed by atoms with Gasteiger partial charge in [-0.3, -0.25) is 9.59 Å². The van der Waals surface area contributed by atoms with Gasteiger partial charge in [-0.15, -0.1) is 0 Å². The standard InChI is InChI=1S/C12H18Cl3NO3/c1-4-19-9(17)8-7(5-6-11(8,2)3)16-10(18)12(13,14)15/h7-8H,4-6H2,1-3H3,(H,16,18). The number of carbonyl (C=O) groups is 2. The molecule has 2 unspecified atom stereocenters. The molecule has 0 aromatic heterocycles. The van der Waals surface area contributed by atoms with Crippen LogP contribution in [0.2, 0.25) is 0 Å². The summed E-state index contributed by atoms with van der Waals surface area (Å²) >= 11 is 16.6. The van der Waals surface area contributed by atoms with Crippen LogP contribution in [0.3, 0.4) is 0 Å². The van der Waals surface area contributed by atoms with Crippen molar-refractivity contribution in [2.75, 3.05) is 6.61 Å². The first-order valence-electron chi connectivity index (χ1n) is 6.14. The molecule has 19 heavy (non-hydrogen) atoms. The van der Waals surface area contributed by atoms with Crippen LogP contribution in [0, 0.1) is 11.3 Å². The van der Waals surface area contributed by atoms with Gasteiger partial charge in [0.2, 0.25) is 0 Å². The number of rotatable bonds is 3. The molecule has 1 saturated carbocycles. The van der Waals surface area contributed by atoms with E-state index in [-0.39, 0.29) is 17.4 Å². The van der Waals surface area contributed by atoms with Gasteiger partial charge in [0.05, 0.1) is 12.5 Å². The van der Waals surface area contributed by atoms with Gasteiger partial charge >= 0.3 is 5.97 Å². The Kier molecular flexibility index (Phi) is 5.38. The summed E-state index contributed by atoms with van der Waals surface area (Å²) in [5.74, 6) is -1.46. The summed E-state index contributed by atoms with van der Waals surface area (Å²) in [5.41, 5.74) is -0.252. The fourth-order valence-corrected chi connectivity index (χ4v) is 2.68. The van der Waals surface area contributed by atoms with Gasteiger partial charge in [-0.25, -0.2) is 0 Å². The predicted octanol–water partition coefficient (Wildman–Crippen LogP) is 2.84. The van der Waals surface area contributed by atoms with E-state index in [0.717, 1.165) is 6.42 Å². The number of hydrogen-bond acceptors (Lipinski definition) is 3. The molecule has 4 nitrogen and oxygen atoms in total. The van der Waals surface area contributed by atoms with Gasteiger partial charge in [-0.1, -0.05) is 48.7 Å². The Morgan fingerprint density at radius 1 is 1.37 bits per heavy atom. The number of esters is 1. The van der Waals surface area contributed by atoms with Crippen LogP contribution in [-0.4, -0.2) is 28.3 Å². The van der Waals surface area contributed by atoms with Crippen LogP contribution in [0.15, 0.2) is 0 Å². The SMILES string of the molecule is CCOC(=O)C1C(NC(=O)C(Cl)(Cl)Cl)CCC1(C)C. The van der Waals surface area contributed by atoms with Crippen molar-refractivity contribution in [1.29, 1.82) is 0 Å². The zero-order chi connectivity index (χ0) is 14.8. The highest BCUT2D eigenvalue weighted by atomic mass is 35.6. The molecule has 0 heterocycles. The molecule has 1 aliphatic carbocycles. The van der Waals surface area contributed by atoms with Crippen molar-refractivity contribution in [3.63, 3.8) is 0 Å². The summed E-state index contributed by atoms with van der Waals surface area (Å²) in [6, 6.07) is -0.364. The summed E-state index contributed by atoms with van der Waals surface area (Å²) < 4.78 is 3.05. The fraction of sp³-hybridized carbons (Fsp3) is 0.833. The van der Waals surface area contributed by atoms with E-state index >= 15 is 0 Å². The third-order valence-electron chi connectivity index (χ3n) is 3.46. The summed E-state index contributed by atoms with van der Waals surface area (Å²) in [5, 5.41) is 2.63. The molecule has 1 fully saturated rings. The molecule has 1 amide bonds. The molecule has 0 radical (unpaired) electrons. The monoisotopic (exact) mass is 329 g/mol. The lowest BCUT2D eigenvalue weighted by Gasteiger charge is -2.29. The summed E-state index contributed by atoms with van der Waals surface area (Å²) in [6.45, 7) is 5.98. The van der Waals surface area contributed by atoms with Gasteiger partial charge in [0.1, 0.15) is 0 Å². The molecule has 0 aromatic carbocycles. The first-order chi connectivity index (χ1) is 8.59. The van der Waals surface area contributed by atoms with Crippen molar-refractivity contribution in [3.05, 3.63) is 0 Å². The molecule has 0 saturated heterocycles. The third kappa shape index (κ3) is 4.14. The van der Waals surface area contributed by atoms with Crippen LogP contribution in [-0.2, 0) is 14.3 Å².